The van der Waals surface area contributed by atoms with Gasteiger partial charge in [-0.3, -0.25) is 39.3 Å². The molecule has 2 saturated carbocycles. The van der Waals surface area contributed by atoms with Crippen LogP contribution in [0.5, 0.6) is 0 Å². The zero-order valence-corrected chi connectivity index (χ0v) is 76.9. The fraction of sp³-hybridized carbons (Fsp3) is 0.327. The number of nitrogens with two attached hydrogens (primary N) is 3. The van der Waals surface area contributed by atoms with Crippen molar-refractivity contribution in [2.75, 3.05) is 73.1 Å². The Bertz CT molecular complexity index is 6140. The molecule has 0 atom stereocenters. The van der Waals surface area contributed by atoms with Gasteiger partial charge in [-0.15, -0.1) is 12.4 Å². The Morgan fingerprint density at radius 3 is 0.891 bits per heavy atom. The number of likely N-dealkylation sites (tertiary alicyclic amines) is 3. The number of carbonyl (C=O) groups is 3. The number of fused-ring (bicyclic) bond motifs is 5. The van der Waals surface area contributed by atoms with Gasteiger partial charge in [0.1, 0.15) is 6.61 Å². The average molecular weight is 1840 g/mol. The van der Waals surface area contributed by atoms with Crippen molar-refractivity contribution in [2.24, 2.45) is 17.2 Å². The number of aryl methyl sites for hydroxylation is 1. The molecule has 0 radical (unpaired) electrons. The van der Waals surface area contributed by atoms with E-state index >= 15 is 0 Å². The molecule has 0 bridgehead atoms. The number of likely N-dealkylation sites (N-methyl/N-ethyl adjacent to an activating group) is 1. The number of aliphatic hydroxyl groups is 1. The number of carbonyl (C=O) groups excluding carboxylic acids is 3. The second kappa shape index (κ2) is 42.4. The SMILES string of the molecule is CN(C)CC(=O)N1CCC(c2cn(-c3ccc(Cl)cc3)c3cnccc23)CC1.Cc1cc(Cl)ccc1-n1cc(C2CCC(N)CC2)c2ccncc21.Cl.NC1CCC(c2cn(-c3ccc(Cl)cc3)c3cnccc23)CC1.NCC(=O)N1CCC(c2cn(-c3ccc(Cl)cc3)c3cnccc23)CC1.O=C(CO)N1CCC(c2cn(-c3ccc(Cl)cc3)c3cnccc23)CC1. The first-order valence-corrected chi connectivity index (χ1v) is 46.0. The number of hydrogen-bond acceptors (Lipinski definition) is 13. The summed E-state index contributed by atoms with van der Waals surface area (Å²) in [7, 11) is 3.87. The number of halogens is 6. The molecule has 13 heterocycles. The van der Waals surface area contributed by atoms with E-state index in [0.717, 1.165) is 166 Å². The maximum atomic E-state index is 12.3. The lowest BCUT2D eigenvalue weighted by atomic mass is 9.82. The van der Waals surface area contributed by atoms with Gasteiger partial charge in [-0.2, -0.15) is 0 Å². The van der Waals surface area contributed by atoms with Crippen molar-refractivity contribution in [1.82, 2.24) is 67.4 Å². The van der Waals surface area contributed by atoms with Crippen molar-refractivity contribution < 1.29 is 19.5 Å². The van der Waals surface area contributed by atoms with Crippen LogP contribution in [0.4, 0.5) is 0 Å². The summed E-state index contributed by atoms with van der Waals surface area (Å²) in [5.74, 6) is 2.51. The van der Waals surface area contributed by atoms with Gasteiger partial charge in [-0.05, 0) is 319 Å². The smallest absolute Gasteiger partial charge is 0.248 e. The number of aliphatic hydroxyl groups excluding tert-OH is 1. The Kier molecular flexibility index (Phi) is 30.5. The summed E-state index contributed by atoms with van der Waals surface area (Å²) in [5.41, 5.74) is 36.6. The van der Waals surface area contributed by atoms with E-state index in [4.69, 9.17) is 80.3 Å². The first-order chi connectivity index (χ1) is 61.7. The van der Waals surface area contributed by atoms with E-state index < -0.39 is 6.61 Å². The molecule has 7 N–H and O–H groups in total. The molecule has 5 aromatic carbocycles. The first-order valence-electron chi connectivity index (χ1n) is 44.1. The fourth-order valence-electron chi connectivity index (χ4n) is 19.3. The van der Waals surface area contributed by atoms with Gasteiger partial charge in [0.25, 0.3) is 0 Å². The zero-order valence-electron chi connectivity index (χ0n) is 72.3. The summed E-state index contributed by atoms with van der Waals surface area (Å²) in [6, 6.07) is 48.7. The molecule has 3 aliphatic heterocycles. The highest BCUT2D eigenvalue weighted by atomic mass is 35.5. The summed E-state index contributed by atoms with van der Waals surface area (Å²) in [4.78, 5) is 65.0. The van der Waals surface area contributed by atoms with E-state index in [1.165, 1.54) is 86.0 Å². The molecule has 0 spiro atoms. The van der Waals surface area contributed by atoms with Crippen LogP contribution in [0.2, 0.25) is 25.1 Å². The van der Waals surface area contributed by atoms with Gasteiger partial charge in [-0.1, -0.05) is 58.0 Å². The molecule has 5 fully saturated rings. The van der Waals surface area contributed by atoms with Crippen LogP contribution in [0, 0.1) is 6.92 Å². The van der Waals surface area contributed by atoms with E-state index in [2.05, 4.69) is 134 Å². The number of piperidine rings is 3. The minimum Gasteiger partial charge on any atom is -0.387 e. The van der Waals surface area contributed by atoms with Gasteiger partial charge in [0, 0.05) is 194 Å². The number of hydrogen-bond donors (Lipinski definition) is 4. The van der Waals surface area contributed by atoms with Crippen molar-refractivity contribution in [3.8, 4) is 28.4 Å². The molecule has 2 aliphatic carbocycles. The van der Waals surface area contributed by atoms with Crippen LogP contribution in [0.15, 0.2) is 239 Å². The maximum Gasteiger partial charge on any atom is 0.248 e. The van der Waals surface area contributed by atoms with Crippen LogP contribution < -0.4 is 17.2 Å². The summed E-state index contributed by atoms with van der Waals surface area (Å²) in [5, 5.41) is 19.0. The number of benzene rings is 5. The third-order valence-corrected chi connectivity index (χ3v) is 27.3. The second-order valence-corrected chi connectivity index (χ2v) is 36.5. The Labute approximate surface area is 778 Å². The van der Waals surface area contributed by atoms with Gasteiger partial charge in [0.15, 0.2) is 0 Å². The number of nitrogens with zero attached hydrogens (tertiary/aromatic N) is 14. The summed E-state index contributed by atoms with van der Waals surface area (Å²) in [6.07, 6.45) is 44.9. The second-order valence-electron chi connectivity index (χ2n) is 34.4. The molecule has 128 heavy (non-hydrogen) atoms. The van der Waals surface area contributed by atoms with E-state index in [1.807, 2.05) is 188 Å². The highest BCUT2D eigenvalue weighted by molar-refractivity contribution is 6.32. The lowest BCUT2D eigenvalue weighted by Gasteiger charge is -2.32. The maximum absolute atomic E-state index is 12.3. The Morgan fingerprint density at radius 1 is 0.359 bits per heavy atom. The predicted molar refractivity (Wildman–Crippen MR) is 521 cm³/mol. The lowest BCUT2D eigenvalue weighted by Crippen LogP contribution is -2.42. The van der Waals surface area contributed by atoms with E-state index in [9.17, 15) is 14.4 Å². The molecule has 0 unspecified atom stereocenters. The van der Waals surface area contributed by atoms with Crippen LogP contribution in [0.3, 0.4) is 0 Å². The van der Waals surface area contributed by atoms with Crippen molar-refractivity contribution in [3.63, 3.8) is 0 Å². The summed E-state index contributed by atoms with van der Waals surface area (Å²) < 4.78 is 11.0. The molecule has 3 saturated heterocycles. The summed E-state index contributed by atoms with van der Waals surface area (Å²) >= 11 is 30.3. The van der Waals surface area contributed by atoms with Crippen LogP contribution in [-0.4, -0.2) is 175 Å². The van der Waals surface area contributed by atoms with Crippen molar-refractivity contribution >= 4 is 143 Å². The van der Waals surface area contributed by atoms with Crippen LogP contribution in [0.25, 0.3) is 83.0 Å². The highest BCUT2D eigenvalue weighted by Gasteiger charge is 2.32. The Morgan fingerprint density at radius 2 is 0.617 bits per heavy atom. The number of pyridine rings is 5. The van der Waals surface area contributed by atoms with Gasteiger partial charge < -0.3 is 64.7 Å². The normalized spacial score (nSPS) is 17.6. The molecule has 21 nitrogen and oxygen atoms in total. The van der Waals surface area contributed by atoms with E-state index in [-0.39, 0.29) is 36.7 Å². The minimum atomic E-state index is -0.411. The monoisotopic (exact) mass is 1830 g/mol. The molecule has 664 valence electrons. The molecular formula is C101H109Cl6N17O4. The molecule has 5 aliphatic rings. The molecule has 27 heteroatoms. The fourth-order valence-corrected chi connectivity index (χ4v) is 20.0. The quantitative estimate of drug-likeness (QED) is 0.0791. The third-order valence-electron chi connectivity index (χ3n) is 26.1. The third kappa shape index (κ3) is 21.2. The van der Waals surface area contributed by atoms with Gasteiger partial charge >= 0.3 is 0 Å². The van der Waals surface area contributed by atoms with Gasteiger partial charge in [-0.25, -0.2) is 0 Å². The van der Waals surface area contributed by atoms with Crippen LogP contribution in [0.1, 0.15) is 153 Å². The van der Waals surface area contributed by atoms with Crippen molar-refractivity contribution in [3.05, 3.63) is 297 Å². The number of rotatable bonds is 14. The van der Waals surface area contributed by atoms with Crippen LogP contribution in [-0.2, 0) is 14.4 Å². The van der Waals surface area contributed by atoms with E-state index in [1.54, 1.807) is 4.90 Å². The first kappa shape index (κ1) is 92.2. The van der Waals surface area contributed by atoms with Gasteiger partial charge in [0.05, 0.1) is 71.7 Å². The van der Waals surface area contributed by atoms with Crippen molar-refractivity contribution in [2.45, 2.75) is 138 Å². The molecule has 15 aromatic rings. The zero-order chi connectivity index (χ0) is 88.4. The van der Waals surface area contributed by atoms with E-state index in [0.29, 0.717) is 66.3 Å². The lowest BCUT2D eigenvalue weighted by molar-refractivity contribution is -0.135. The molecule has 20 rings (SSSR count). The highest BCUT2D eigenvalue weighted by Crippen LogP contribution is 2.44. The minimum absolute atomic E-state index is 0. The van der Waals surface area contributed by atoms with Crippen molar-refractivity contribution in [1.29, 1.82) is 0 Å². The largest absolute Gasteiger partial charge is 0.387 e. The average Bonchev–Trinajstić information content (AvgIpc) is 1.65. The standard InChI is InChI=1S/C22H25ClN4O.C20H21ClN4O.C20H20ClN3O2.C20H22ClN3.C19H20ClN3.ClH/c1-25(2)15-22(28)26-11-8-16(9-12-26)20-14-27(18-5-3-17(23)4-6-18)21-13-24-10-7-19(20)21;21-15-1-3-16(4-2-15)25-13-18(17-5-8-23-12-19(17)25)14-6-9-24(10-7-14)20(26)11-22;21-15-1-3-16(4-2-15)24-12-18(17-5-8-22-11-19(17)24)14-6-9-23(10-7-14)20(26)13-25;1-13-10-15(21)4-7-19(13)24-12-18(14-2-5-16(22)6-3-14)17-8-9-23-11-20(17)24;20-14-3-7-16(8-4-14)23-12-18(13-1-5-15(21)6-2-13)17-9-10-22-11-19(17)23;/h3-7,10,13-14,16H,8-9,11-12,15H2,1-2H3;1-5,8,12-14H,6-7,9-11,22H2;1-5,8,11-12,14,25H,6-7,9-10,13H2;4,7-12,14,16H,2-3,5-6,22H2,1H3;3-4,7-13,15H,1-2,5-6,21H2;1H. The number of amides is 3. The molecule has 10 aromatic heterocycles. The Hall–Kier alpha value is -10.5. The predicted octanol–water partition coefficient (Wildman–Crippen LogP) is 20.7. The topological polar surface area (TPSA) is 252 Å². The Balaban J connectivity index is 0.000000123. The molecule has 3 amide bonds. The molecular weight excluding hydrogens is 1730 g/mol. The number of aromatic nitrogens is 10. The summed E-state index contributed by atoms with van der Waals surface area (Å²) in [6.45, 7) is 6.78. The van der Waals surface area contributed by atoms with Gasteiger partial charge in [0.2, 0.25) is 17.7 Å². The van der Waals surface area contributed by atoms with Crippen LogP contribution >= 0.6 is 70.4 Å².